The number of non-ortho nitro benzene ring substituents is 1. The van der Waals surface area contributed by atoms with Gasteiger partial charge in [0.1, 0.15) is 5.52 Å². The Hall–Kier alpha value is -1.96. The number of aliphatic hydroxyl groups excluding tert-OH is 1. The molecule has 1 unspecified atom stereocenters. The van der Waals surface area contributed by atoms with Crippen LogP contribution in [0.4, 0.5) is 11.4 Å². The first kappa shape index (κ1) is 18.1. The van der Waals surface area contributed by atoms with Gasteiger partial charge >= 0.3 is 0 Å². The monoisotopic (exact) mass is 326 g/mol. The number of pyridine rings is 1. The maximum atomic E-state index is 11.0. The van der Waals surface area contributed by atoms with Gasteiger partial charge in [0.15, 0.2) is 0 Å². The zero-order valence-corrected chi connectivity index (χ0v) is 13.0. The summed E-state index contributed by atoms with van der Waals surface area (Å²) in [6, 6.07) is 6.53. The van der Waals surface area contributed by atoms with Crippen molar-refractivity contribution in [2.24, 2.45) is 0 Å². The van der Waals surface area contributed by atoms with Gasteiger partial charge in [-0.15, -0.1) is 12.4 Å². The van der Waals surface area contributed by atoms with E-state index in [1.807, 2.05) is 0 Å². The Balaban J connectivity index is 0.00000242. The van der Waals surface area contributed by atoms with Crippen molar-refractivity contribution in [1.82, 2.24) is 10.3 Å². The summed E-state index contributed by atoms with van der Waals surface area (Å²) in [7, 11) is 0. The molecule has 8 heteroatoms. The maximum absolute atomic E-state index is 11.0. The van der Waals surface area contributed by atoms with Crippen LogP contribution in [0.1, 0.15) is 6.92 Å². The Morgan fingerprint density at radius 3 is 2.82 bits per heavy atom. The Morgan fingerprint density at radius 2 is 2.14 bits per heavy atom. The van der Waals surface area contributed by atoms with Crippen LogP contribution < -0.4 is 10.6 Å². The minimum absolute atomic E-state index is 0. The second-order valence-corrected chi connectivity index (χ2v) is 4.77. The fourth-order valence-electron chi connectivity index (χ4n) is 2.06. The normalized spacial score (nSPS) is 11.7. The molecule has 0 amide bonds. The lowest BCUT2D eigenvalue weighted by molar-refractivity contribution is -0.383. The lowest BCUT2D eigenvalue weighted by atomic mass is 10.1. The van der Waals surface area contributed by atoms with Gasteiger partial charge in [-0.2, -0.15) is 0 Å². The molecule has 0 fully saturated rings. The number of nitro groups is 1. The van der Waals surface area contributed by atoms with Crippen LogP contribution in [0.5, 0.6) is 0 Å². The summed E-state index contributed by atoms with van der Waals surface area (Å²) < 4.78 is 0. The Kier molecular flexibility index (Phi) is 6.97. The summed E-state index contributed by atoms with van der Waals surface area (Å²) in [4.78, 5) is 14.8. The van der Waals surface area contributed by atoms with Crippen molar-refractivity contribution in [3.63, 3.8) is 0 Å². The number of hydrogen-bond acceptors (Lipinski definition) is 6. The first-order valence-corrected chi connectivity index (χ1v) is 6.74. The van der Waals surface area contributed by atoms with Gasteiger partial charge in [0.2, 0.25) is 0 Å². The number of anilines is 1. The van der Waals surface area contributed by atoms with Crippen LogP contribution in [0.15, 0.2) is 30.5 Å². The van der Waals surface area contributed by atoms with E-state index in [4.69, 9.17) is 5.11 Å². The average molecular weight is 327 g/mol. The smallest absolute Gasteiger partial charge is 0.278 e. The summed E-state index contributed by atoms with van der Waals surface area (Å²) >= 11 is 0. The van der Waals surface area contributed by atoms with E-state index in [0.29, 0.717) is 30.5 Å². The van der Waals surface area contributed by atoms with Gasteiger partial charge in [0, 0.05) is 31.9 Å². The van der Waals surface area contributed by atoms with Crippen molar-refractivity contribution in [2.75, 3.05) is 25.0 Å². The van der Waals surface area contributed by atoms with Gasteiger partial charge in [-0.1, -0.05) is 0 Å². The van der Waals surface area contributed by atoms with E-state index >= 15 is 0 Å². The third-order valence-corrected chi connectivity index (χ3v) is 3.00. The highest BCUT2D eigenvalue weighted by Crippen LogP contribution is 2.29. The number of halogens is 1. The summed E-state index contributed by atoms with van der Waals surface area (Å²) in [5.74, 6) is 0. The predicted octanol–water partition coefficient (Wildman–Crippen LogP) is 1.95. The van der Waals surface area contributed by atoms with E-state index in [9.17, 15) is 10.1 Å². The highest BCUT2D eigenvalue weighted by atomic mass is 35.5. The fraction of sp³-hybridized carbons (Fsp3) is 0.357. The molecule has 0 saturated heterocycles. The number of fused-ring (bicyclic) bond motifs is 1. The summed E-state index contributed by atoms with van der Waals surface area (Å²) in [6.07, 6.45) is 1.23. The molecule has 0 spiro atoms. The molecule has 1 aromatic heterocycles. The zero-order valence-electron chi connectivity index (χ0n) is 12.2. The molecule has 0 aliphatic heterocycles. The standard InChI is InChI=1S/C14H18N4O3.ClH/c1-10(19)9-15-7-8-16-12-4-5-13(18(20)21)11-3-2-6-17-14(11)12;/h2-6,10,15-16,19H,7-9H2,1H3;1H. The van der Waals surface area contributed by atoms with Gasteiger partial charge in [0.05, 0.1) is 22.1 Å². The Labute approximate surface area is 134 Å². The fourth-order valence-corrected chi connectivity index (χ4v) is 2.06. The Bertz CT molecular complexity index is 637. The second-order valence-electron chi connectivity index (χ2n) is 4.77. The molecular formula is C14H19ClN4O3. The van der Waals surface area contributed by atoms with Crippen LogP contribution in [0.2, 0.25) is 0 Å². The highest BCUT2D eigenvalue weighted by Gasteiger charge is 2.14. The first-order chi connectivity index (χ1) is 10.1. The van der Waals surface area contributed by atoms with Crippen molar-refractivity contribution in [2.45, 2.75) is 13.0 Å². The van der Waals surface area contributed by atoms with Crippen molar-refractivity contribution in [3.05, 3.63) is 40.6 Å². The lowest BCUT2D eigenvalue weighted by Gasteiger charge is -2.10. The molecule has 0 bridgehead atoms. The summed E-state index contributed by atoms with van der Waals surface area (Å²) in [5.41, 5.74) is 1.40. The third-order valence-electron chi connectivity index (χ3n) is 3.00. The molecule has 0 radical (unpaired) electrons. The van der Waals surface area contributed by atoms with Crippen LogP contribution in [0.3, 0.4) is 0 Å². The quantitative estimate of drug-likeness (QED) is 0.408. The van der Waals surface area contributed by atoms with Gasteiger partial charge in [-0.3, -0.25) is 15.1 Å². The van der Waals surface area contributed by atoms with Gasteiger partial charge in [-0.25, -0.2) is 0 Å². The van der Waals surface area contributed by atoms with Crippen LogP contribution >= 0.6 is 12.4 Å². The molecule has 0 aliphatic carbocycles. The summed E-state index contributed by atoms with van der Waals surface area (Å²) in [5, 5.41) is 27.0. The topological polar surface area (TPSA) is 100 Å². The minimum Gasteiger partial charge on any atom is -0.392 e. The van der Waals surface area contributed by atoms with E-state index in [2.05, 4.69) is 15.6 Å². The number of benzene rings is 1. The molecule has 120 valence electrons. The van der Waals surface area contributed by atoms with Crippen LogP contribution in [0, 0.1) is 10.1 Å². The molecule has 22 heavy (non-hydrogen) atoms. The molecule has 1 aromatic carbocycles. The molecule has 1 heterocycles. The van der Waals surface area contributed by atoms with Crippen LogP contribution in [-0.4, -0.2) is 40.8 Å². The third kappa shape index (κ3) is 4.52. The molecule has 3 N–H and O–H groups in total. The number of hydrogen-bond donors (Lipinski definition) is 3. The number of nitrogens with zero attached hydrogens (tertiary/aromatic N) is 2. The van der Waals surface area contributed by atoms with E-state index < -0.39 is 4.92 Å². The SMILES string of the molecule is CC(O)CNCCNc1ccc([N+](=O)[O-])c2cccnc12.Cl. The maximum Gasteiger partial charge on any atom is 0.278 e. The van der Waals surface area contributed by atoms with Crippen molar-refractivity contribution >= 4 is 34.7 Å². The lowest BCUT2D eigenvalue weighted by Crippen LogP contribution is -2.29. The average Bonchev–Trinajstić information content (AvgIpc) is 2.46. The van der Waals surface area contributed by atoms with Crippen molar-refractivity contribution < 1.29 is 10.0 Å². The number of aliphatic hydroxyl groups is 1. The van der Waals surface area contributed by atoms with E-state index in [1.165, 1.54) is 6.07 Å². The Morgan fingerprint density at radius 1 is 1.36 bits per heavy atom. The van der Waals surface area contributed by atoms with Crippen molar-refractivity contribution in [3.8, 4) is 0 Å². The van der Waals surface area contributed by atoms with E-state index in [-0.39, 0.29) is 24.2 Å². The first-order valence-electron chi connectivity index (χ1n) is 6.74. The zero-order chi connectivity index (χ0) is 15.2. The number of nitro benzene ring substituents is 1. The molecular weight excluding hydrogens is 308 g/mol. The predicted molar refractivity (Wildman–Crippen MR) is 88.7 cm³/mol. The molecule has 7 nitrogen and oxygen atoms in total. The van der Waals surface area contributed by atoms with Crippen molar-refractivity contribution in [1.29, 1.82) is 0 Å². The number of aromatic nitrogens is 1. The molecule has 1 atom stereocenters. The van der Waals surface area contributed by atoms with Crippen LogP contribution in [-0.2, 0) is 0 Å². The highest BCUT2D eigenvalue weighted by molar-refractivity contribution is 5.96. The number of rotatable bonds is 7. The number of nitrogens with one attached hydrogen (secondary N) is 2. The van der Waals surface area contributed by atoms with E-state index in [0.717, 1.165) is 5.69 Å². The summed E-state index contributed by atoms with van der Waals surface area (Å²) in [6.45, 7) is 3.56. The van der Waals surface area contributed by atoms with Crippen LogP contribution in [0.25, 0.3) is 10.9 Å². The largest absolute Gasteiger partial charge is 0.392 e. The molecule has 2 aromatic rings. The van der Waals surface area contributed by atoms with Gasteiger partial charge in [0.25, 0.3) is 5.69 Å². The van der Waals surface area contributed by atoms with Gasteiger partial charge < -0.3 is 15.7 Å². The second kappa shape index (κ2) is 8.47. The molecule has 0 saturated carbocycles. The molecule has 0 aliphatic rings. The molecule has 2 rings (SSSR count). The van der Waals surface area contributed by atoms with Gasteiger partial charge in [-0.05, 0) is 25.1 Å². The van der Waals surface area contributed by atoms with E-state index in [1.54, 1.807) is 31.3 Å². The minimum atomic E-state index is -0.405.